The maximum absolute atomic E-state index is 12.9. The number of carbonyl (C=O) groups excluding carboxylic acids is 1. The standard InChI is InChI=1S/C25H26N2O2/c28-24(20-12-5-2-6-13-20)21-14-7-8-15-22(21)26-25(29)23-16-9-17-27(23)18-19-10-3-1-4-11-19/h1-8,10-15,23,25-26,29H,9,16-18H2/t23-,25?/m0/s1. The van der Waals surface area contributed by atoms with Gasteiger partial charge in [-0.1, -0.05) is 72.8 Å². The van der Waals surface area contributed by atoms with Gasteiger partial charge in [-0.05, 0) is 37.1 Å². The summed E-state index contributed by atoms with van der Waals surface area (Å²) < 4.78 is 0. The van der Waals surface area contributed by atoms with Crippen molar-refractivity contribution in [2.75, 3.05) is 11.9 Å². The molecule has 0 spiro atoms. The van der Waals surface area contributed by atoms with Crippen LogP contribution >= 0.6 is 0 Å². The van der Waals surface area contributed by atoms with Crippen LogP contribution in [0.1, 0.15) is 34.3 Å². The highest BCUT2D eigenvalue weighted by Gasteiger charge is 2.31. The van der Waals surface area contributed by atoms with Crippen LogP contribution in [0.4, 0.5) is 5.69 Å². The highest BCUT2D eigenvalue weighted by atomic mass is 16.3. The van der Waals surface area contributed by atoms with Crippen LogP contribution in [-0.4, -0.2) is 34.6 Å². The number of carbonyl (C=O) groups is 1. The number of aliphatic hydroxyl groups is 1. The summed E-state index contributed by atoms with van der Waals surface area (Å²) in [4.78, 5) is 15.3. The largest absolute Gasteiger partial charge is 0.372 e. The topological polar surface area (TPSA) is 52.6 Å². The molecule has 1 saturated heterocycles. The van der Waals surface area contributed by atoms with E-state index in [-0.39, 0.29) is 11.8 Å². The molecule has 1 heterocycles. The predicted octanol–water partition coefficient (Wildman–Crippen LogP) is 4.31. The van der Waals surface area contributed by atoms with Crippen molar-refractivity contribution in [1.29, 1.82) is 0 Å². The number of likely N-dealkylation sites (tertiary alicyclic amines) is 1. The van der Waals surface area contributed by atoms with E-state index in [4.69, 9.17) is 0 Å². The molecule has 3 aromatic carbocycles. The first-order valence-electron chi connectivity index (χ1n) is 10.1. The number of ketones is 1. The lowest BCUT2D eigenvalue weighted by Crippen LogP contribution is -2.43. The Kier molecular flexibility index (Phi) is 6.03. The molecule has 0 bridgehead atoms. The summed E-state index contributed by atoms with van der Waals surface area (Å²) >= 11 is 0. The number of aliphatic hydroxyl groups excluding tert-OH is 1. The van der Waals surface area contributed by atoms with Crippen molar-refractivity contribution in [3.63, 3.8) is 0 Å². The predicted molar refractivity (Wildman–Crippen MR) is 116 cm³/mol. The molecule has 148 valence electrons. The zero-order valence-electron chi connectivity index (χ0n) is 16.4. The van der Waals surface area contributed by atoms with Gasteiger partial charge in [-0.3, -0.25) is 9.69 Å². The lowest BCUT2D eigenvalue weighted by atomic mass is 10.0. The van der Waals surface area contributed by atoms with Crippen molar-refractivity contribution in [3.05, 3.63) is 102 Å². The van der Waals surface area contributed by atoms with Gasteiger partial charge in [0.2, 0.25) is 0 Å². The van der Waals surface area contributed by atoms with Gasteiger partial charge in [0.1, 0.15) is 6.23 Å². The molecule has 1 fully saturated rings. The summed E-state index contributed by atoms with van der Waals surface area (Å²) in [5.74, 6) is -0.0477. The van der Waals surface area contributed by atoms with Crippen molar-refractivity contribution in [2.24, 2.45) is 0 Å². The van der Waals surface area contributed by atoms with E-state index in [1.54, 1.807) is 6.07 Å². The second-order valence-electron chi connectivity index (χ2n) is 7.50. The van der Waals surface area contributed by atoms with Crippen LogP contribution in [0.2, 0.25) is 0 Å². The molecule has 2 N–H and O–H groups in total. The fraction of sp³-hybridized carbons (Fsp3) is 0.240. The molecule has 0 radical (unpaired) electrons. The average molecular weight is 386 g/mol. The number of hydrogen-bond acceptors (Lipinski definition) is 4. The molecular weight excluding hydrogens is 360 g/mol. The van der Waals surface area contributed by atoms with Crippen molar-refractivity contribution in [2.45, 2.75) is 31.7 Å². The molecule has 4 rings (SSSR count). The van der Waals surface area contributed by atoms with E-state index in [2.05, 4.69) is 22.3 Å². The van der Waals surface area contributed by atoms with Gasteiger partial charge in [-0.2, -0.15) is 0 Å². The summed E-state index contributed by atoms with van der Waals surface area (Å²) in [6, 6.07) is 27.0. The van der Waals surface area contributed by atoms with Gasteiger partial charge in [-0.15, -0.1) is 0 Å². The number of nitrogens with one attached hydrogen (secondary N) is 1. The number of para-hydroxylation sites is 1. The molecule has 3 aromatic rings. The van der Waals surface area contributed by atoms with E-state index in [1.807, 2.05) is 66.7 Å². The Morgan fingerprint density at radius 2 is 1.62 bits per heavy atom. The Labute approximate surface area is 171 Å². The molecule has 4 heteroatoms. The first-order chi connectivity index (χ1) is 14.2. The van der Waals surface area contributed by atoms with Gasteiger partial charge < -0.3 is 10.4 Å². The maximum Gasteiger partial charge on any atom is 0.195 e. The molecule has 0 aromatic heterocycles. The van der Waals surface area contributed by atoms with Crippen LogP contribution in [-0.2, 0) is 6.54 Å². The lowest BCUT2D eigenvalue weighted by Gasteiger charge is -2.30. The normalized spacial score (nSPS) is 17.8. The summed E-state index contributed by atoms with van der Waals surface area (Å²) in [6.07, 6.45) is 1.24. The van der Waals surface area contributed by atoms with Crippen LogP contribution in [0.5, 0.6) is 0 Å². The molecule has 0 saturated carbocycles. The number of benzene rings is 3. The quantitative estimate of drug-likeness (QED) is 0.469. The molecule has 0 amide bonds. The van der Waals surface area contributed by atoms with E-state index >= 15 is 0 Å². The molecule has 0 aliphatic carbocycles. The van der Waals surface area contributed by atoms with E-state index in [9.17, 15) is 9.90 Å². The van der Waals surface area contributed by atoms with Crippen molar-refractivity contribution < 1.29 is 9.90 Å². The van der Waals surface area contributed by atoms with Crippen LogP contribution in [0.3, 0.4) is 0 Å². The number of nitrogens with zero attached hydrogens (tertiary/aromatic N) is 1. The Hall–Kier alpha value is -2.95. The van der Waals surface area contributed by atoms with Gasteiger partial charge in [0, 0.05) is 23.4 Å². The number of anilines is 1. The van der Waals surface area contributed by atoms with E-state index in [0.717, 1.165) is 25.9 Å². The lowest BCUT2D eigenvalue weighted by molar-refractivity contribution is 0.0889. The summed E-state index contributed by atoms with van der Waals surface area (Å²) in [5, 5.41) is 14.2. The molecule has 29 heavy (non-hydrogen) atoms. The third-order valence-corrected chi connectivity index (χ3v) is 5.52. The van der Waals surface area contributed by atoms with Crippen LogP contribution in [0.25, 0.3) is 0 Å². The van der Waals surface area contributed by atoms with Gasteiger partial charge in [0.25, 0.3) is 0 Å². The second-order valence-corrected chi connectivity index (χ2v) is 7.50. The molecule has 1 aliphatic rings. The summed E-state index contributed by atoms with van der Waals surface area (Å²) in [7, 11) is 0. The van der Waals surface area contributed by atoms with E-state index < -0.39 is 6.23 Å². The first kappa shape index (κ1) is 19.4. The minimum absolute atomic E-state index is 0.00934. The monoisotopic (exact) mass is 386 g/mol. The van der Waals surface area contributed by atoms with Crippen molar-refractivity contribution in [1.82, 2.24) is 4.90 Å². The minimum atomic E-state index is -0.745. The Bertz CT molecular complexity index is 943. The highest BCUT2D eigenvalue weighted by Crippen LogP contribution is 2.26. The SMILES string of the molecule is O=C(c1ccccc1)c1ccccc1NC(O)[C@@H]1CCCN1Cc1ccccc1. The minimum Gasteiger partial charge on any atom is -0.372 e. The zero-order valence-corrected chi connectivity index (χ0v) is 16.4. The van der Waals surface area contributed by atoms with Crippen molar-refractivity contribution in [3.8, 4) is 0 Å². The second kappa shape index (κ2) is 9.03. The smallest absolute Gasteiger partial charge is 0.195 e. The van der Waals surface area contributed by atoms with Crippen molar-refractivity contribution >= 4 is 11.5 Å². The maximum atomic E-state index is 12.9. The molecule has 1 unspecified atom stereocenters. The van der Waals surface area contributed by atoms with E-state index in [1.165, 1.54) is 5.56 Å². The van der Waals surface area contributed by atoms with Gasteiger partial charge in [0.15, 0.2) is 5.78 Å². The number of hydrogen-bond donors (Lipinski definition) is 2. The van der Waals surface area contributed by atoms with Crippen LogP contribution < -0.4 is 5.32 Å². The summed E-state index contributed by atoms with van der Waals surface area (Å²) in [5.41, 5.74) is 3.12. The summed E-state index contributed by atoms with van der Waals surface area (Å²) in [6.45, 7) is 1.78. The van der Waals surface area contributed by atoms with Crippen LogP contribution in [0.15, 0.2) is 84.9 Å². The third kappa shape index (κ3) is 4.56. The molecule has 2 atom stereocenters. The zero-order chi connectivity index (χ0) is 20.1. The Morgan fingerprint density at radius 3 is 2.38 bits per heavy atom. The average Bonchev–Trinajstić information content (AvgIpc) is 3.23. The highest BCUT2D eigenvalue weighted by molar-refractivity contribution is 6.12. The fourth-order valence-corrected chi connectivity index (χ4v) is 4.03. The van der Waals surface area contributed by atoms with Crippen LogP contribution in [0, 0.1) is 0 Å². The third-order valence-electron chi connectivity index (χ3n) is 5.52. The Balaban J connectivity index is 1.50. The fourth-order valence-electron chi connectivity index (χ4n) is 4.03. The first-order valence-corrected chi connectivity index (χ1v) is 10.1. The molecule has 1 aliphatic heterocycles. The van der Waals surface area contributed by atoms with Gasteiger partial charge in [0.05, 0.1) is 6.04 Å². The Morgan fingerprint density at radius 1 is 0.966 bits per heavy atom. The molecular formula is C25H26N2O2. The van der Waals surface area contributed by atoms with Gasteiger partial charge >= 0.3 is 0 Å². The van der Waals surface area contributed by atoms with Gasteiger partial charge in [-0.25, -0.2) is 0 Å². The van der Waals surface area contributed by atoms with E-state index in [0.29, 0.717) is 16.8 Å². The molecule has 4 nitrogen and oxygen atoms in total. The number of rotatable bonds is 7.